The van der Waals surface area contributed by atoms with Crippen molar-refractivity contribution in [1.29, 1.82) is 0 Å². The predicted octanol–water partition coefficient (Wildman–Crippen LogP) is 1.79. The second kappa shape index (κ2) is 6.16. The van der Waals surface area contributed by atoms with Crippen LogP contribution in [-0.4, -0.2) is 59.9 Å². The highest BCUT2D eigenvalue weighted by Gasteiger charge is 2.48. The Bertz CT molecular complexity index is 576. The zero-order valence-corrected chi connectivity index (χ0v) is 14.9. The van der Waals surface area contributed by atoms with Gasteiger partial charge in [-0.25, -0.2) is 0 Å². The van der Waals surface area contributed by atoms with Crippen LogP contribution in [-0.2, 0) is 4.74 Å². The molecule has 1 aromatic rings. The minimum Gasteiger partial charge on any atom is -0.386 e. The molecule has 0 radical (unpaired) electrons. The van der Waals surface area contributed by atoms with Crippen LogP contribution in [0, 0.1) is 6.92 Å². The van der Waals surface area contributed by atoms with E-state index >= 15 is 0 Å². The summed E-state index contributed by atoms with van der Waals surface area (Å²) < 4.78 is 6.07. The molecule has 3 heterocycles. The number of ether oxygens (including phenoxy) is 1. The fraction of sp³-hybridized carbons (Fsp3) is 0.706. The molecule has 3 rings (SSSR count). The molecule has 1 spiro atoms. The number of carbonyl (C=O) groups excluding carboxylic acids is 1. The SMILES string of the molecule is CN[C@H]1CC2(CCN(C(=O)c3ccc(C)s3)CC2)OC[C@]1(C)O. The predicted molar refractivity (Wildman–Crippen MR) is 91.0 cm³/mol. The van der Waals surface area contributed by atoms with E-state index in [0.717, 1.165) is 29.0 Å². The summed E-state index contributed by atoms with van der Waals surface area (Å²) in [5, 5.41) is 13.6. The van der Waals surface area contributed by atoms with Crippen LogP contribution in [0.25, 0.3) is 0 Å². The Kier molecular flexibility index (Phi) is 4.53. The van der Waals surface area contributed by atoms with Crippen molar-refractivity contribution >= 4 is 17.2 Å². The number of carbonyl (C=O) groups is 1. The lowest BCUT2D eigenvalue weighted by atomic mass is 9.77. The van der Waals surface area contributed by atoms with Crippen molar-refractivity contribution in [2.45, 2.75) is 50.4 Å². The highest BCUT2D eigenvalue weighted by molar-refractivity contribution is 7.13. The summed E-state index contributed by atoms with van der Waals surface area (Å²) in [6.07, 6.45) is 2.45. The molecule has 2 fully saturated rings. The quantitative estimate of drug-likeness (QED) is 0.863. The number of likely N-dealkylation sites (tertiary alicyclic amines) is 1. The van der Waals surface area contributed by atoms with Gasteiger partial charge < -0.3 is 20.1 Å². The number of amides is 1. The first-order chi connectivity index (χ1) is 10.9. The van der Waals surface area contributed by atoms with E-state index < -0.39 is 5.60 Å². The lowest BCUT2D eigenvalue weighted by Crippen LogP contribution is -2.62. The lowest BCUT2D eigenvalue weighted by Gasteiger charge is -2.50. The number of hydrogen-bond acceptors (Lipinski definition) is 5. The highest BCUT2D eigenvalue weighted by Crippen LogP contribution is 2.38. The molecular weight excluding hydrogens is 312 g/mol. The summed E-state index contributed by atoms with van der Waals surface area (Å²) in [6, 6.07) is 3.93. The summed E-state index contributed by atoms with van der Waals surface area (Å²) in [6.45, 7) is 5.62. The molecule has 1 aromatic heterocycles. The third kappa shape index (κ3) is 3.31. The highest BCUT2D eigenvalue weighted by atomic mass is 32.1. The van der Waals surface area contributed by atoms with Crippen LogP contribution in [0.1, 0.15) is 40.7 Å². The molecule has 1 amide bonds. The number of nitrogens with one attached hydrogen (secondary N) is 1. The second-order valence-corrected chi connectivity index (χ2v) is 8.36. The number of rotatable bonds is 2. The molecule has 23 heavy (non-hydrogen) atoms. The van der Waals surface area contributed by atoms with Crippen LogP contribution < -0.4 is 5.32 Å². The molecule has 6 heteroatoms. The number of hydrogen-bond donors (Lipinski definition) is 2. The standard InChI is InChI=1S/C17H26N2O3S/c1-12-4-5-13(23-12)15(20)19-8-6-17(7-9-19)10-14(18-3)16(2,21)11-22-17/h4-5,14,18,21H,6-11H2,1-3H3/t14-,16-/m0/s1. The van der Waals surface area contributed by atoms with Gasteiger partial charge in [-0.3, -0.25) is 4.79 Å². The van der Waals surface area contributed by atoms with Crippen LogP contribution in [0.3, 0.4) is 0 Å². The largest absolute Gasteiger partial charge is 0.386 e. The van der Waals surface area contributed by atoms with Crippen LogP contribution >= 0.6 is 11.3 Å². The molecule has 2 N–H and O–H groups in total. The summed E-state index contributed by atoms with van der Waals surface area (Å²) in [7, 11) is 1.88. The zero-order valence-electron chi connectivity index (χ0n) is 14.1. The Labute approximate surface area is 141 Å². The number of nitrogens with zero attached hydrogens (tertiary/aromatic N) is 1. The Hall–Kier alpha value is -0.950. The summed E-state index contributed by atoms with van der Waals surface area (Å²) >= 11 is 1.55. The zero-order chi connectivity index (χ0) is 16.7. The van der Waals surface area contributed by atoms with Crippen molar-refractivity contribution in [3.8, 4) is 0 Å². The topological polar surface area (TPSA) is 61.8 Å². The maximum Gasteiger partial charge on any atom is 0.263 e. The number of likely N-dealkylation sites (N-methyl/N-ethyl adjacent to an activating group) is 1. The molecule has 0 bridgehead atoms. The Morgan fingerprint density at radius 1 is 1.43 bits per heavy atom. The van der Waals surface area contributed by atoms with Crippen molar-refractivity contribution < 1.29 is 14.6 Å². The van der Waals surface area contributed by atoms with E-state index in [1.165, 1.54) is 0 Å². The van der Waals surface area contributed by atoms with Crippen LogP contribution in [0.5, 0.6) is 0 Å². The first-order valence-corrected chi connectivity index (χ1v) is 9.06. The van der Waals surface area contributed by atoms with E-state index in [1.54, 1.807) is 11.3 Å². The molecule has 0 unspecified atom stereocenters. The molecular formula is C17H26N2O3S. The Balaban J connectivity index is 1.63. The van der Waals surface area contributed by atoms with Crippen LogP contribution in [0.15, 0.2) is 12.1 Å². The van der Waals surface area contributed by atoms with E-state index in [2.05, 4.69) is 5.32 Å². The van der Waals surface area contributed by atoms with E-state index in [9.17, 15) is 9.90 Å². The van der Waals surface area contributed by atoms with Gasteiger partial charge in [0.25, 0.3) is 5.91 Å². The molecule has 0 aromatic carbocycles. The van der Waals surface area contributed by atoms with Gasteiger partial charge in [0.05, 0.1) is 17.1 Å². The number of aliphatic hydroxyl groups is 1. The van der Waals surface area contributed by atoms with Gasteiger partial charge in [-0.05, 0) is 52.3 Å². The molecule has 0 aliphatic carbocycles. The lowest BCUT2D eigenvalue weighted by molar-refractivity contribution is -0.189. The normalized spacial score (nSPS) is 30.6. The first kappa shape index (κ1) is 16.9. The van der Waals surface area contributed by atoms with Gasteiger partial charge in [0.15, 0.2) is 0 Å². The number of thiophene rings is 1. The van der Waals surface area contributed by atoms with Gasteiger partial charge in [0, 0.05) is 24.0 Å². The van der Waals surface area contributed by atoms with Gasteiger partial charge in [-0.1, -0.05) is 0 Å². The average molecular weight is 338 g/mol. The van der Waals surface area contributed by atoms with Crippen molar-refractivity contribution in [3.63, 3.8) is 0 Å². The average Bonchev–Trinajstić information content (AvgIpc) is 2.97. The van der Waals surface area contributed by atoms with E-state index in [4.69, 9.17) is 4.74 Å². The van der Waals surface area contributed by atoms with Gasteiger partial charge in [-0.2, -0.15) is 0 Å². The molecule has 2 aliphatic rings. The monoisotopic (exact) mass is 338 g/mol. The third-order valence-electron chi connectivity index (χ3n) is 5.26. The minimum absolute atomic E-state index is 0.0263. The second-order valence-electron chi connectivity index (χ2n) is 7.08. The van der Waals surface area contributed by atoms with Crippen molar-refractivity contribution in [2.75, 3.05) is 26.7 Å². The Morgan fingerprint density at radius 2 is 2.13 bits per heavy atom. The van der Waals surface area contributed by atoms with Gasteiger partial charge in [0.1, 0.15) is 5.60 Å². The third-order valence-corrected chi connectivity index (χ3v) is 6.25. The fourth-order valence-corrected chi connectivity index (χ4v) is 4.47. The molecule has 0 saturated carbocycles. The molecule has 128 valence electrons. The summed E-state index contributed by atoms with van der Waals surface area (Å²) in [4.78, 5) is 16.5. The van der Waals surface area contributed by atoms with Crippen LogP contribution in [0.2, 0.25) is 0 Å². The molecule has 5 nitrogen and oxygen atoms in total. The Morgan fingerprint density at radius 3 is 2.70 bits per heavy atom. The van der Waals surface area contributed by atoms with Gasteiger partial charge in [-0.15, -0.1) is 11.3 Å². The van der Waals surface area contributed by atoms with Crippen LogP contribution in [0.4, 0.5) is 0 Å². The maximum atomic E-state index is 12.6. The van der Waals surface area contributed by atoms with Crippen molar-refractivity contribution in [3.05, 3.63) is 21.9 Å². The van der Waals surface area contributed by atoms with E-state index in [-0.39, 0.29) is 17.6 Å². The van der Waals surface area contributed by atoms with E-state index in [0.29, 0.717) is 19.7 Å². The maximum absolute atomic E-state index is 12.6. The number of piperidine rings is 1. The molecule has 2 aliphatic heterocycles. The van der Waals surface area contributed by atoms with Gasteiger partial charge >= 0.3 is 0 Å². The van der Waals surface area contributed by atoms with Gasteiger partial charge in [0.2, 0.25) is 0 Å². The smallest absolute Gasteiger partial charge is 0.263 e. The minimum atomic E-state index is -0.832. The summed E-state index contributed by atoms with van der Waals surface area (Å²) in [5.74, 6) is 0.130. The van der Waals surface area contributed by atoms with Crippen molar-refractivity contribution in [2.24, 2.45) is 0 Å². The van der Waals surface area contributed by atoms with Crippen molar-refractivity contribution in [1.82, 2.24) is 10.2 Å². The fourth-order valence-electron chi connectivity index (χ4n) is 3.63. The summed E-state index contributed by atoms with van der Waals surface area (Å²) in [5.41, 5.74) is -1.04. The molecule has 2 atom stereocenters. The molecule has 2 saturated heterocycles. The number of aryl methyl sites for hydroxylation is 1. The first-order valence-electron chi connectivity index (χ1n) is 8.25. The van der Waals surface area contributed by atoms with E-state index in [1.807, 2.05) is 37.9 Å².